The molecule has 2 saturated heterocycles. The van der Waals surface area contributed by atoms with Gasteiger partial charge in [0.25, 0.3) is 0 Å². The third-order valence-corrected chi connectivity index (χ3v) is 4.85. The molecule has 1 N–H and O–H groups in total. The first kappa shape index (κ1) is 17.0. The van der Waals surface area contributed by atoms with Crippen LogP contribution in [0.1, 0.15) is 25.7 Å². The molecule has 0 bridgehead atoms. The predicted molar refractivity (Wildman–Crippen MR) is 86.4 cm³/mol. The molecular weight excluding hydrogens is 332 g/mol. The van der Waals surface area contributed by atoms with Gasteiger partial charge in [0.15, 0.2) is 0 Å². The van der Waals surface area contributed by atoms with E-state index < -0.39 is 12.0 Å². The predicted octanol–water partition coefficient (Wildman–Crippen LogP) is 1.93. The van der Waals surface area contributed by atoms with E-state index in [1.54, 1.807) is 18.3 Å². The van der Waals surface area contributed by atoms with Crippen molar-refractivity contribution in [3.8, 4) is 11.9 Å². The summed E-state index contributed by atoms with van der Waals surface area (Å²) in [5.74, 6) is -0.520. The van der Waals surface area contributed by atoms with E-state index in [0.717, 1.165) is 12.8 Å². The minimum Gasteiger partial charge on any atom is -0.480 e. The maximum absolute atomic E-state index is 11.6. The van der Waals surface area contributed by atoms with Crippen molar-refractivity contribution >= 4 is 17.6 Å². The molecule has 0 radical (unpaired) electrons. The van der Waals surface area contributed by atoms with Crippen LogP contribution in [0.2, 0.25) is 5.02 Å². The number of hydrogen-bond donors (Lipinski definition) is 1. The van der Waals surface area contributed by atoms with Crippen molar-refractivity contribution in [1.82, 2.24) is 15.0 Å². The molecule has 24 heavy (non-hydrogen) atoms. The van der Waals surface area contributed by atoms with Gasteiger partial charge in [0.05, 0.1) is 12.1 Å². The first-order chi connectivity index (χ1) is 11.6. The van der Waals surface area contributed by atoms with E-state index in [4.69, 9.17) is 16.3 Å². The van der Waals surface area contributed by atoms with E-state index in [9.17, 15) is 15.2 Å². The molecule has 2 aliphatic heterocycles. The molecule has 0 saturated carbocycles. The molecule has 0 amide bonds. The molecule has 3 atom stereocenters. The Morgan fingerprint density at radius 3 is 3.04 bits per heavy atom. The molecule has 0 spiro atoms. The molecule has 2 aliphatic rings. The van der Waals surface area contributed by atoms with Gasteiger partial charge in [-0.2, -0.15) is 5.26 Å². The minimum atomic E-state index is -0.864. The number of ether oxygens (including phenoxy) is 1. The number of aliphatic carboxylic acids is 1. The number of carbonyl (C=O) groups is 1. The molecule has 0 unspecified atom stereocenters. The Hall–Kier alpha value is -1.88. The second kappa shape index (κ2) is 7.34. The SMILES string of the molecule is N#C[C@@H]1CCCN1N1[C@@H](COc2ncccc2Cl)CC[C@@H]1C(=O)O. The third-order valence-electron chi connectivity index (χ3n) is 4.56. The largest absolute Gasteiger partial charge is 0.480 e. The zero-order valence-electron chi connectivity index (χ0n) is 13.1. The normalized spacial score (nSPS) is 27.9. The molecule has 1 aromatic heterocycles. The number of hydrazine groups is 1. The zero-order valence-corrected chi connectivity index (χ0v) is 13.9. The summed E-state index contributed by atoms with van der Waals surface area (Å²) in [6.45, 7) is 0.984. The first-order valence-electron chi connectivity index (χ1n) is 8.02. The number of nitrogens with zero attached hydrogens (tertiary/aromatic N) is 4. The van der Waals surface area contributed by atoms with Crippen LogP contribution in [0, 0.1) is 11.3 Å². The van der Waals surface area contributed by atoms with Crippen molar-refractivity contribution in [2.75, 3.05) is 13.2 Å². The van der Waals surface area contributed by atoms with Crippen LogP contribution in [0.4, 0.5) is 0 Å². The molecule has 0 aromatic carbocycles. The number of hydrogen-bond acceptors (Lipinski definition) is 6. The zero-order chi connectivity index (χ0) is 17.1. The molecule has 0 aliphatic carbocycles. The van der Waals surface area contributed by atoms with E-state index >= 15 is 0 Å². The van der Waals surface area contributed by atoms with Crippen LogP contribution in [0.5, 0.6) is 5.88 Å². The molecule has 8 heteroatoms. The average Bonchev–Trinajstić information content (AvgIpc) is 3.19. The van der Waals surface area contributed by atoms with Crippen molar-refractivity contribution < 1.29 is 14.6 Å². The molecule has 2 fully saturated rings. The van der Waals surface area contributed by atoms with Crippen LogP contribution in [-0.2, 0) is 4.79 Å². The summed E-state index contributed by atoms with van der Waals surface area (Å²) in [4.78, 5) is 15.7. The van der Waals surface area contributed by atoms with Gasteiger partial charge >= 0.3 is 5.97 Å². The number of aromatic nitrogens is 1. The van der Waals surface area contributed by atoms with Gasteiger partial charge < -0.3 is 9.84 Å². The highest BCUT2D eigenvalue weighted by atomic mass is 35.5. The Morgan fingerprint density at radius 2 is 2.33 bits per heavy atom. The lowest BCUT2D eigenvalue weighted by atomic mass is 10.2. The van der Waals surface area contributed by atoms with E-state index in [-0.39, 0.29) is 18.7 Å². The number of rotatable bonds is 5. The molecule has 1 aromatic rings. The van der Waals surface area contributed by atoms with Crippen molar-refractivity contribution in [3.63, 3.8) is 0 Å². The second-order valence-electron chi connectivity index (χ2n) is 6.02. The molecule has 3 heterocycles. The van der Waals surface area contributed by atoms with Gasteiger partial charge in [-0.15, -0.1) is 0 Å². The fourth-order valence-electron chi connectivity index (χ4n) is 3.47. The smallest absolute Gasteiger partial charge is 0.322 e. The molecular formula is C16H19ClN4O3. The van der Waals surface area contributed by atoms with Gasteiger partial charge in [-0.3, -0.25) is 4.79 Å². The average molecular weight is 351 g/mol. The van der Waals surface area contributed by atoms with Crippen molar-refractivity contribution in [2.45, 2.75) is 43.8 Å². The molecule has 7 nitrogen and oxygen atoms in total. The number of nitriles is 1. The Kier molecular flexibility index (Phi) is 5.19. The number of halogens is 1. The quantitative estimate of drug-likeness (QED) is 0.867. The Balaban J connectivity index is 1.75. The topological polar surface area (TPSA) is 89.7 Å². The van der Waals surface area contributed by atoms with Crippen LogP contribution in [0.3, 0.4) is 0 Å². The van der Waals surface area contributed by atoms with Crippen LogP contribution in [0.25, 0.3) is 0 Å². The first-order valence-corrected chi connectivity index (χ1v) is 8.40. The minimum absolute atomic E-state index is 0.113. The lowest BCUT2D eigenvalue weighted by Gasteiger charge is -2.37. The monoisotopic (exact) mass is 350 g/mol. The highest BCUT2D eigenvalue weighted by Crippen LogP contribution is 2.32. The summed E-state index contributed by atoms with van der Waals surface area (Å²) in [5, 5.41) is 23.0. The maximum Gasteiger partial charge on any atom is 0.322 e. The molecule has 128 valence electrons. The number of pyridine rings is 1. The van der Waals surface area contributed by atoms with Gasteiger partial charge in [0.1, 0.15) is 23.7 Å². The Morgan fingerprint density at radius 1 is 1.50 bits per heavy atom. The van der Waals surface area contributed by atoms with Crippen LogP contribution < -0.4 is 4.74 Å². The van der Waals surface area contributed by atoms with Gasteiger partial charge in [-0.25, -0.2) is 15.0 Å². The number of carboxylic acid groups (broad SMARTS) is 1. The summed E-state index contributed by atoms with van der Waals surface area (Å²) in [7, 11) is 0. The summed E-state index contributed by atoms with van der Waals surface area (Å²) in [6, 6.07) is 4.69. The maximum atomic E-state index is 11.6. The standard InChI is InChI=1S/C16H19ClN4O3/c17-13-4-1-7-19-15(13)24-10-12-5-6-14(16(22)23)21(12)20-8-2-3-11(20)9-18/h1,4,7,11-12,14H,2-3,5-6,8,10H2,(H,22,23)/t11-,12+,14+/m0/s1. The summed E-state index contributed by atoms with van der Waals surface area (Å²) < 4.78 is 5.72. The van der Waals surface area contributed by atoms with E-state index in [2.05, 4.69) is 11.1 Å². The van der Waals surface area contributed by atoms with Crippen LogP contribution >= 0.6 is 11.6 Å². The summed E-state index contributed by atoms with van der Waals surface area (Å²) in [6.07, 6.45) is 4.48. The van der Waals surface area contributed by atoms with Gasteiger partial charge in [0.2, 0.25) is 5.88 Å². The van der Waals surface area contributed by atoms with E-state index in [0.29, 0.717) is 30.3 Å². The Labute approximate surface area is 145 Å². The van der Waals surface area contributed by atoms with Gasteiger partial charge in [-0.1, -0.05) is 11.6 Å². The number of carboxylic acids is 1. The highest BCUT2D eigenvalue weighted by molar-refractivity contribution is 6.31. The van der Waals surface area contributed by atoms with Crippen molar-refractivity contribution in [1.29, 1.82) is 5.26 Å². The third kappa shape index (κ3) is 3.31. The van der Waals surface area contributed by atoms with Crippen LogP contribution in [-0.4, -0.2) is 57.4 Å². The van der Waals surface area contributed by atoms with Crippen molar-refractivity contribution in [2.24, 2.45) is 0 Å². The molecule has 3 rings (SSSR count). The highest BCUT2D eigenvalue weighted by Gasteiger charge is 2.45. The fraction of sp³-hybridized carbons (Fsp3) is 0.562. The van der Waals surface area contributed by atoms with Gasteiger partial charge in [0, 0.05) is 12.7 Å². The lowest BCUT2D eigenvalue weighted by molar-refractivity contribution is -0.154. The fourth-order valence-corrected chi connectivity index (χ4v) is 3.64. The van der Waals surface area contributed by atoms with Crippen LogP contribution in [0.15, 0.2) is 18.3 Å². The van der Waals surface area contributed by atoms with Gasteiger partial charge in [-0.05, 0) is 37.8 Å². The van der Waals surface area contributed by atoms with E-state index in [1.165, 1.54) is 0 Å². The van der Waals surface area contributed by atoms with E-state index in [1.807, 2.05) is 10.0 Å². The summed E-state index contributed by atoms with van der Waals surface area (Å²) >= 11 is 6.05. The Bertz CT molecular complexity index is 650. The lowest BCUT2D eigenvalue weighted by Crippen LogP contribution is -2.55. The van der Waals surface area contributed by atoms with Crippen molar-refractivity contribution in [3.05, 3.63) is 23.4 Å². The summed E-state index contributed by atoms with van der Waals surface area (Å²) in [5.41, 5.74) is 0. The second-order valence-corrected chi connectivity index (χ2v) is 6.42.